The summed E-state index contributed by atoms with van der Waals surface area (Å²) >= 11 is 1.61. The van der Waals surface area contributed by atoms with Crippen LogP contribution < -0.4 is 10.1 Å². The fourth-order valence-electron chi connectivity index (χ4n) is 3.32. The third-order valence-corrected chi connectivity index (χ3v) is 7.97. The molecule has 1 amide bonds. The van der Waals surface area contributed by atoms with Crippen LogP contribution in [0.1, 0.15) is 16.3 Å². The molecule has 1 N–H and O–H groups in total. The molecule has 4 rings (SSSR count). The van der Waals surface area contributed by atoms with Gasteiger partial charge in [0.25, 0.3) is 5.91 Å². The third-order valence-electron chi connectivity index (χ3n) is 5.02. The summed E-state index contributed by atoms with van der Waals surface area (Å²) in [4.78, 5) is 13.8. The van der Waals surface area contributed by atoms with E-state index in [9.17, 15) is 13.2 Å². The van der Waals surface area contributed by atoms with E-state index in [4.69, 9.17) is 13.9 Å². The van der Waals surface area contributed by atoms with Crippen LogP contribution >= 0.6 is 11.8 Å². The van der Waals surface area contributed by atoms with E-state index in [1.54, 1.807) is 30.0 Å². The molecule has 0 spiro atoms. The number of carbonyl (C=O) groups excluding carboxylic acids is 1. The molecule has 2 aromatic carbocycles. The lowest BCUT2D eigenvalue weighted by atomic mass is 10.3. The number of thioether (sulfide) groups is 1. The highest BCUT2D eigenvalue weighted by Crippen LogP contribution is 2.30. The maximum atomic E-state index is 13.1. The number of anilines is 1. The Morgan fingerprint density at radius 1 is 1.09 bits per heavy atom. The summed E-state index contributed by atoms with van der Waals surface area (Å²) in [6, 6.07) is 17.8. The number of hydrogen-bond acceptors (Lipinski definition) is 7. The Hall–Kier alpha value is -2.79. The lowest BCUT2D eigenvalue weighted by Gasteiger charge is -2.26. The lowest BCUT2D eigenvalue weighted by Crippen LogP contribution is -2.40. The number of furan rings is 1. The summed E-state index contributed by atoms with van der Waals surface area (Å²) in [6.45, 7) is 1.19. The molecule has 10 heteroatoms. The van der Waals surface area contributed by atoms with Crippen molar-refractivity contribution in [2.75, 3.05) is 38.7 Å². The number of nitrogens with one attached hydrogen (secondary N) is 1. The predicted molar refractivity (Wildman–Crippen MR) is 125 cm³/mol. The number of carbonyl (C=O) groups is 1. The minimum Gasteiger partial charge on any atom is -0.495 e. The molecule has 1 fully saturated rings. The standard InChI is InChI=1S/C23H24N2O6S2/c1-29-20-9-7-17(15-22(20)33(27,28)25-11-13-30-14-12-25)24-23(26)21-10-8-18(31-21)16-32-19-5-3-2-4-6-19/h2-10,15H,11-14,16H2,1H3,(H,24,26). The quantitative estimate of drug-likeness (QED) is 0.481. The van der Waals surface area contributed by atoms with E-state index in [0.717, 1.165) is 4.90 Å². The largest absolute Gasteiger partial charge is 0.495 e. The first-order chi connectivity index (χ1) is 16.0. The van der Waals surface area contributed by atoms with E-state index in [2.05, 4.69) is 5.32 Å². The highest BCUT2D eigenvalue weighted by Gasteiger charge is 2.29. The Kier molecular flexibility index (Phi) is 7.39. The summed E-state index contributed by atoms with van der Waals surface area (Å²) in [6.07, 6.45) is 0. The fourth-order valence-corrected chi connectivity index (χ4v) is 5.73. The lowest BCUT2D eigenvalue weighted by molar-refractivity contribution is 0.0729. The smallest absolute Gasteiger partial charge is 0.291 e. The van der Waals surface area contributed by atoms with Crippen LogP contribution in [0.2, 0.25) is 0 Å². The molecular weight excluding hydrogens is 464 g/mol. The Balaban J connectivity index is 1.47. The maximum Gasteiger partial charge on any atom is 0.291 e. The van der Waals surface area contributed by atoms with E-state index in [0.29, 0.717) is 30.4 Å². The Labute approximate surface area is 196 Å². The Morgan fingerprint density at radius 3 is 2.58 bits per heavy atom. The molecular formula is C23H24N2O6S2. The molecule has 33 heavy (non-hydrogen) atoms. The number of ether oxygens (including phenoxy) is 2. The fraction of sp³-hybridized carbons (Fsp3) is 0.261. The molecule has 8 nitrogen and oxygen atoms in total. The van der Waals surface area contributed by atoms with Crippen LogP contribution in [0.5, 0.6) is 5.75 Å². The summed E-state index contributed by atoms with van der Waals surface area (Å²) in [7, 11) is -2.40. The molecule has 0 bridgehead atoms. The van der Waals surface area contributed by atoms with Crippen molar-refractivity contribution in [2.24, 2.45) is 0 Å². The molecule has 0 unspecified atom stereocenters. The van der Waals surface area contributed by atoms with Gasteiger partial charge in [0.15, 0.2) is 5.76 Å². The Morgan fingerprint density at radius 2 is 1.85 bits per heavy atom. The minimum atomic E-state index is -3.81. The van der Waals surface area contributed by atoms with Gasteiger partial charge in [0, 0.05) is 23.7 Å². The zero-order valence-electron chi connectivity index (χ0n) is 18.0. The first kappa shape index (κ1) is 23.4. The van der Waals surface area contributed by atoms with Gasteiger partial charge in [0.2, 0.25) is 10.0 Å². The first-order valence-electron chi connectivity index (χ1n) is 10.3. The number of rotatable bonds is 8. The summed E-state index contributed by atoms with van der Waals surface area (Å²) < 4.78 is 43.8. The monoisotopic (exact) mass is 488 g/mol. The second-order valence-corrected chi connectivity index (χ2v) is 10.2. The minimum absolute atomic E-state index is 0.0101. The van der Waals surface area contributed by atoms with Gasteiger partial charge >= 0.3 is 0 Å². The van der Waals surface area contributed by atoms with Gasteiger partial charge in [0.05, 0.1) is 26.1 Å². The van der Waals surface area contributed by atoms with Crippen molar-refractivity contribution >= 4 is 33.4 Å². The number of nitrogens with zero attached hydrogens (tertiary/aromatic N) is 1. The molecule has 3 aromatic rings. The first-order valence-corrected chi connectivity index (χ1v) is 12.7. The van der Waals surface area contributed by atoms with E-state index in [-0.39, 0.29) is 29.5 Å². The van der Waals surface area contributed by atoms with Crippen molar-refractivity contribution in [1.82, 2.24) is 4.31 Å². The van der Waals surface area contributed by atoms with Gasteiger partial charge in [-0.2, -0.15) is 4.31 Å². The number of morpholine rings is 1. The van der Waals surface area contributed by atoms with Gasteiger partial charge in [-0.15, -0.1) is 11.8 Å². The van der Waals surface area contributed by atoms with Crippen LogP contribution in [0.3, 0.4) is 0 Å². The van der Waals surface area contributed by atoms with Crippen molar-refractivity contribution < 1.29 is 27.1 Å². The Bertz CT molecular complexity index is 1200. The molecule has 0 radical (unpaired) electrons. The van der Waals surface area contributed by atoms with Crippen LogP contribution in [0.15, 0.2) is 74.9 Å². The van der Waals surface area contributed by atoms with Gasteiger partial charge in [-0.05, 0) is 42.5 Å². The summed E-state index contributed by atoms with van der Waals surface area (Å²) in [5.74, 6) is 1.14. The zero-order chi connectivity index (χ0) is 23.3. The molecule has 0 atom stereocenters. The molecule has 2 heterocycles. The molecule has 1 aromatic heterocycles. The maximum absolute atomic E-state index is 13.1. The number of hydrogen-bond donors (Lipinski definition) is 1. The second kappa shape index (κ2) is 10.4. The molecule has 0 aliphatic carbocycles. The zero-order valence-corrected chi connectivity index (χ0v) is 19.7. The number of methoxy groups -OCH3 is 1. The average Bonchev–Trinajstić information content (AvgIpc) is 3.33. The molecule has 1 saturated heterocycles. The topological polar surface area (TPSA) is 98.1 Å². The number of benzene rings is 2. The van der Waals surface area contributed by atoms with Crippen molar-refractivity contribution in [3.8, 4) is 5.75 Å². The van der Waals surface area contributed by atoms with Crippen molar-refractivity contribution in [3.63, 3.8) is 0 Å². The summed E-state index contributed by atoms with van der Waals surface area (Å²) in [5, 5.41) is 2.71. The average molecular weight is 489 g/mol. The molecule has 1 aliphatic rings. The second-order valence-electron chi connectivity index (χ2n) is 7.20. The molecule has 1 aliphatic heterocycles. The van der Waals surface area contributed by atoms with E-state index in [1.165, 1.54) is 23.5 Å². The van der Waals surface area contributed by atoms with Crippen molar-refractivity contribution in [3.05, 3.63) is 72.2 Å². The molecule has 174 valence electrons. The van der Waals surface area contributed by atoms with E-state index < -0.39 is 15.9 Å². The van der Waals surface area contributed by atoms with Crippen LogP contribution in [0, 0.1) is 0 Å². The van der Waals surface area contributed by atoms with Crippen molar-refractivity contribution in [2.45, 2.75) is 15.5 Å². The number of sulfonamides is 1. The van der Waals surface area contributed by atoms with Gasteiger partial charge < -0.3 is 19.2 Å². The van der Waals surface area contributed by atoms with E-state index >= 15 is 0 Å². The van der Waals surface area contributed by atoms with Gasteiger partial charge in [0.1, 0.15) is 16.4 Å². The number of amides is 1. The third kappa shape index (κ3) is 5.59. The predicted octanol–water partition coefficient (Wildman–Crippen LogP) is 3.85. The summed E-state index contributed by atoms with van der Waals surface area (Å²) in [5.41, 5.74) is 0.323. The highest BCUT2D eigenvalue weighted by molar-refractivity contribution is 7.98. The van der Waals surface area contributed by atoms with Crippen LogP contribution in [0.25, 0.3) is 0 Å². The van der Waals surface area contributed by atoms with Gasteiger partial charge in [-0.3, -0.25) is 4.79 Å². The van der Waals surface area contributed by atoms with Crippen LogP contribution in [-0.2, 0) is 20.5 Å². The SMILES string of the molecule is COc1ccc(NC(=O)c2ccc(CSc3ccccc3)o2)cc1S(=O)(=O)N1CCOCC1. The van der Waals surface area contributed by atoms with Crippen molar-refractivity contribution in [1.29, 1.82) is 0 Å². The van der Waals surface area contributed by atoms with E-state index in [1.807, 2.05) is 30.3 Å². The van der Waals surface area contributed by atoms with Gasteiger partial charge in [-0.25, -0.2) is 8.42 Å². The van der Waals surface area contributed by atoms with Gasteiger partial charge in [-0.1, -0.05) is 18.2 Å². The molecule has 0 saturated carbocycles. The normalized spacial score (nSPS) is 14.7. The van der Waals surface area contributed by atoms with Crippen LogP contribution in [-0.4, -0.2) is 52.0 Å². The highest BCUT2D eigenvalue weighted by atomic mass is 32.2. The van der Waals surface area contributed by atoms with Crippen LogP contribution in [0.4, 0.5) is 5.69 Å².